The zero-order valence-corrected chi connectivity index (χ0v) is 14.1. The van der Waals surface area contributed by atoms with Crippen LogP contribution in [-0.2, 0) is 13.1 Å². The normalized spacial score (nSPS) is 11.2. The van der Waals surface area contributed by atoms with Crippen molar-refractivity contribution >= 4 is 17.6 Å². The van der Waals surface area contributed by atoms with Gasteiger partial charge in [-0.05, 0) is 24.6 Å². The minimum atomic E-state index is 0.485. The third-order valence-electron chi connectivity index (χ3n) is 3.19. The smallest absolute Gasteiger partial charge is 0.191 e. The minimum Gasteiger partial charge on any atom is -0.496 e. The molecule has 0 atom stereocenters. The molecule has 0 aliphatic rings. The Balaban J connectivity index is 2.00. The maximum atomic E-state index is 5.79. The van der Waals surface area contributed by atoms with Crippen molar-refractivity contribution in [1.29, 1.82) is 0 Å². The standard InChI is InChI=1S/C17H21ClN4O/c1-3-19-17(21-11-13-8-9-16(18)20-10-13)22-12-14-6-4-5-7-15(14)23-2/h4-10H,3,11-12H2,1-2H3,(H2,19,21,22). The number of benzene rings is 1. The highest BCUT2D eigenvalue weighted by molar-refractivity contribution is 6.29. The van der Waals surface area contributed by atoms with Crippen molar-refractivity contribution in [2.45, 2.75) is 20.0 Å². The van der Waals surface area contributed by atoms with Gasteiger partial charge in [0.1, 0.15) is 10.9 Å². The molecule has 6 heteroatoms. The monoisotopic (exact) mass is 332 g/mol. The Hall–Kier alpha value is -2.27. The van der Waals surface area contributed by atoms with Crippen LogP contribution in [0.4, 0.5) is 0 Å². The van der Waals surface area contributed by atoms with Crippen molar-refractivity contribution in [3.8, 4) is 5.75 Å². The summed E-state index contributed by atoms with van der Waals surface area (Å²) in [5.41, 5.74) is 2.08. The third-order valence-corrected chi connectivity index (χ3v) is 3.41. The molecule has 0 spiro atoms. The molecule has 0 aliphatic carbocycles. The number of methoxy groups -OCH3 is 1. The summed E-state index contributed by atoms with van der Waals surface area (Å²) in [6, 6.07) is 11.6. The highest BCUT2D eigenvalue weighted by Crippen LogP contribution is 2.16. The minimum absolute atomic E-state index is 0.485. The molecule has 2 rings (SSSR count). The Morgan fingerprint density at radius 2 is 2.04 bits per heavy atom. The second-order valence-corrected chi connectivity index (χ2v) is 5.24. The predicted molar refractivity (Wildman–Crippen MR) is 93.9 cm³/mol. The van der Waals surface area contributed by atoms with E-state index in [0.29, 0.717) is 18.2 Å². The van der Waals surface area contributed by atoms with Crippen LogP contribution in [0.5, 0.6) is 5.75 Å². The molecule has 2 aromatic rings. The fraction of sp³-hybridized carbons (Fsp3) is 0.294. The van der Waals surface area contributed by atoms with Gasteiger partial charge in [-0.15, -0.1) is 0 Å². The van der Waals surface area contributed by atoms with Crippen LogP contribution in [0.3, 0.4) is 0 Å². The summed E-state index contributed by atoms with van der Waals surface area (Å²) in [5.74, 6) is 1.60. The molecule has 0 saturated carbocycles. The first kappa shape index (κ1) is 17.1. The molecule has 0 amide bonds. The molecule has 1 aromatic carbocycles. The van der Waals surface area contributed by atoms with Crippen LogP contribution < -0.4 is 15.4 Å². The first-order valence-electron chi connectivity index (χ1n) is 7.47. The molecule has 5 nitrogen and oxygen atoms in total. The molecule has 23 heavy (non-hydrogen) atoms. The summed E-state index contributed by atoms with van der Waals surface area (Å²) >= 11 is 5.79. The summed E-state index contributed by atoms with van der Waals surface area (Å²) in [5, 5.41) is 7.01. The van der Waals surface area contributed by atoms with Crippen LogP contribution in [0.2, 0.25) is 5.15 Å². The van der Waals surface area contributed by atoms with Crippen LogP contribution >= 0.6 is 11.6 Å². The highest BCUT2D eigenvalue weighted by atomic mass is 35.5. The van der Waals surface area contributed by atoms with E-state index in [4.69, 9.17) is 16.3 Å². The molecule has 0 bridgehead atoms. The van der Waals surface area contributed by atoms with E-state index in [9.17, 15) is 0 Å². The van der Waals surface area contributed by atoms with E-state index in [1.165, 1.54) is 0 Å². The number of aliphatic imine (C=N–C) groups is 1. The average Bonchev–Trinajstić information content (AvgIpc) is 2.59. The van der Waals surface area contributed by atoms with Crippen molar-refractivity contribution in [2.75, 3.05) is 13.7 Å². The van der Waals surface area contributed by atoms with Gasteiger partial charge in [-0.2, -0.15) is 0 Å². The summed E-state index contributed by atoms with van der Waals surface area (Å²) in [6.45, 7) is 3.99. The van der Waals surface area contributed by atoms with E-state index < -0.39 is 0 Å². The van der Waals surface area contributed by atoms with E-state index in [0.717, 1.165) is 29.4 Å². The Bertz CT molecular complexity index is 643. The molecule has 122 valence electrons. The lowest BCUT2D eigenvalue weighted by molar-refractivity contribution is 0.409. The zero-order chi connectivity index (χ0) is 16.5. The molecule has 0 radical (unpaired) electrons. The summed E-state index contributed by atoms with van der Waals surface area (Å²) in [7, 11) is 1.67. The van der Waals surface area contributed by atoms with Crippen molar-refractivity contribution in [3.05, 3.63) is 58.9 Å². The van der Waals surface area contributed by atoms with Gasteiger partial charge >= 0.3 is 0 Å². The first-order chi connectivity index (χ1) is 11.2. The van der Waals surface area contributed by atoms with Gasteiger partial charge in [-0.25, -0.2) is 9.98 Å². The number of pyridine rings is 1. The molecule has 2 N–H and O–H groups in total. The van der Waals surface area contributed by atoms with Gasteiger partial charge in [0.25, 0.3) is 0 Å². The maximum absolute atomic E-state index is 5.79. The number of hydrogen-bond donors (Lipinski definition) is 2. The van der Waals surface area contributed by atoms with E-state index in [1.807, 2.05) is 37.3 Å². The predicted octanol–water partition coefficient (Wildman–Crippen LogP) is 3.00. The fourth-order valence-corrected chi connectivity index (χ4v) is 2.15. The lowest BCUT2D eigenvalue weighted by Crippen LogP contribution is -2.36. The Kier molecular flexibility index (Phi) is 6.69. The molecular formula is C17H21ClN4O. The summed E-state index contributed by atoms with van der Waals surface area (Å²) in [4.78, 5) is 8.61. The molecule has 1 aromatic heterocycles. The number of rotatable bonds is 6. The van der Waals surface area contributed by atoms with Gasteiger partial charge in [0.2, 0.25) is 0 Å². The van der Waals surface area contributed by atoms with Gasteiger partial charge in [0, 0.05) is 24.8 Å². The molecule has 0 unspecified atom stereocenters. The van der Waals surface area contributed by atoms with E-state index in [-0.39, 0.29) is 0 Å². The molecule has 0 aliphatic heterocycles. The quantitative estimate of drug-likeness (QED) is 0.485. The van der Waals surface area contributed by atoms with Crippen LogP contribution in [0.1, 0.15) is 18.1 Å². The number of halogens is 1. The van der Waals surface area contributed by atoms with Gasteiger partial charge in [0.15, 0.2) is 5.96 Å². The summed E-state index contributed by atoms with van der Waals surface area (Å²) in [6.07, 6.45) is 1.73. The van der Waals surface area contributed by atoms with Crippen LogP contribution in [0.15, 0.2) is 47.6 Å². The van der Waals surface area contributed by atoms with Gasteiger partial charge in [-0.1, -0.05) is 35.9 Å². The number of ether oxygens (including phenoxy) is 1. The number of para-hydroxylation sites is 1. The lowest BCUT2D eigenvalue weighted by atomic mass is 10.2. The van der Waals surface area contributed by atoms with Crippen LogP contribution in [0, 0.1) is 0 Å². The fourth-order valence-electron chi connectivity index (χ4n) is 2.04. The maximum Gasteiger partial charge on any atom is 0.191 e. The van der Waals surface area contributed by atoms with Gasteiger partial charge < -0.3 is 15.4 Å². The zero-order valence-electron chi connectivity index (χ0n) is 13.3. The number of nitrogens with one attached hydrogen (secondary N) is 2. The number of hydrogen-bond acceptors (Lipinski definition) is 3. The summed E-state index contributed by atoms with van der Waals surface area (Å²) < 4.78 is 5.36. The SMILES string of the molecule is CCNC(=NCc1ccc(Cl)nc1)NCc1ccccc1OC. The van der Waals surface area contributed by atoms with Crippen molar-refractivity contribution < 1.29 is 4.74 Å². The highest BCUT2D eigenvalue weighted by Gasteiger charge is 2.03. The Labute approximate surface area is 141 Å². The molecule has 1 heterocycles. The number of guanidine groups is 1. The topological polar surface area (TPSA) is 58.5 Å². The number of aromatic nitrogens is 1. The van der Waals surface area contributed by atoms with Crippen molar-refractivity contribution in [3.63, 3.8) is 0 Å². The Morgan fingerprint density at radius 3 is 2.74 bits per heavy atom. The largest absolute Gasteiger partial charge is 0.496 e. The van der Waals surface area contributed by atoms with Crippen LogP contribution in [-0.4, -0.2) is 24.6 Å². The van der Waals surface area contributed by atoms with E-state index >= 15 is 0 Å². The van der Waals surface area contributed by atoms with Crippen molar-refractivity contribution in [2.24, 2.45) is 4.99 Å². The van der Waals surface area contributed by atoms with E-state index in [2.05, 4.69) is 20.6 Å². The van der Waals surface area contributed by atoms with Crippen molar-refractivity contribution in [1.82, 2.24) is 15.6 Å². The molecule has 0 fully saturated rings. The van der Waals surface area contributed by atoms with Crippen LogP contribution in [0.25, 0.3) is 0 Å². The second kappa shape index (κ2) is 9.00. The third kappa shape index (κ3) is 5.45. The lowest BCUT2D eigenvalue weighted by Gasteiger charge is -2.13. The first-order valence-corrected chi connectivity index (χ1v) is 7.85. The molecular weight excluding hydrogens is 312 g/mol. The van der Waals surface area contributed by atoms with Gasteiger partial charge in [0.05, 0.1) is 13.7 Å². The Morgan fingerprint density at radius 1 is 1.22 bits per heavy atom. The van der Waals surface area contributed by atoms with Gasteiger partial charge in [-0.3, -0.25) is 0 Å². The number of nitrogens with zero attached hydrogens (tertiary/aromatic N) is 2. The second-order valence-electron chi connectivity index (χ2n) is 4.85. The van der Waals surface area contributed by atoms with E-state index in [1.54, 1.807) is 19.4 Å². The molecule has 0 saturated heterocycles. The average molecular weight is 333 g/mol.